The van der Waals surface area contributed by atoms with Crippen molar-refractivity contribution in [2.75, 3.05) is 5.73 Å². The Balaban J connectivity index is 2.49. The smallest absolute Gasteiger partial charge is 0.268 e. The van der Waals surface area contributed by atoms with Gasteiger partial charge >= 0.3 is 0 Å². The van der Waals surface area contributed by atoms with E-state index in [-0.39, 0.29) is 28.1 Å². The highest BCUT2D eigenvalue weighted by Crippen LogP contribution is 2.32. The second kappa shape index (κ2) is 5.24. The molecule has 0 radical (unpaired) electrons. The summed E-state index contributed by atoms with van der Waals surface area (Å²) in [6.07, 6.45) is 1.52. The lowest BCUT2D eigenvalue weighted by Crippen LogP contribution is -2.16. The monoisotopic (exact) mass is 305 g/mol. The largest absolute Gasteiger partial charge is 0.384 e. The van der Waals surface area contributed by atoms with E-state index >= 15 is 0 Å². The standard InChI is InChI=1S/C16H8FN5O/c17-12-5-13-8(2-1-3-21-13)4-9(12)14-10(6-18)15(20)22-16(23)11(14)7-19/h1-5H,(H3,20,22,23). The highest BCUT2D eigenvalue weighted by molar-refractivity contribution is 5.88. The van der Waals surface area contributed by atoms with Crippen molar-refractivity contribution in [3.05, 3.63) is 57.8 Å². The molecule has 0 saturated heterocycles. The van der Waals surface area contributed by atoms with E-state index in [2.05, 4.69) is 9.97 Å². The number of rotatable bonds is 1. The number of aromatic nitrogens is 2. The van der Waals surface area contributed by atoms with Crippen LogP contribution in [-0.4, -0.2) is 9.97 Å². The molecule has 2 heterocycles. The number of hydrogen-bond donors (Lipinski definition) is 2. The minimum Gasteiger partial charge on any atom is -0.384 e. The summed E-state index contributed by atoms with van der Waals surface area (Å²) in [6.45, 7) is 0. The minimum absolute atomic E-state index is 0.0450. The lowest BCUT2D eigenvalue weighted by Gasteiger charge is -2.10. The maximum Gasteiger partial charge on any atom is 0.268 e. The number of hydrogen-bond acceptors (Lipinski definition) is 5. The molecule has 0 aliphatic rings. The fraction of sp³-hybridized carbons (Fsp3) is 0. The van der Waals surface area contributed by atoms with Crippen molar-refractivity contribution in [2.24, 2.45) is 0 Å². The van der Waals surface area contributed by atoms with E-state index in [1.165, 1.54) is 18.3 Å². The van der Waals surface area contributed by atoms with Crippen LogP contribution < -0.4 is 11.3 Å². The maximum absolute atomic E-state index is 14.5. The van der Waals surface area contributed by atoms with E-state index < -0.39 is 11.4 Å². The average Bonchev–Trinajstić information content (AvgIpc) is 2.53. The molecule has 0 aliphatic carbocycles. The maximum atomic E-state index is 14.5. The molecule has 3 rings (SSSR count). The first-order valence-electron chi connectivity index (χ1n) is 6.47. The molecule has 0 fully saturated rings. The van der Waals surface area contributed by atoms with Crippen LogP contribution in [0, 0.1) is 28.5 Å². The van der Waals surface area contributed by atoms with Crippen LogP contribution in [0.15, 0.2) is 35.3 Å². The number of anilines is 1. The third kappa shape index (κ3) is 2.17. The summed E-state index contributed by atoms with van der Waals surface area (Å²) in [5.41, 5.74) is 4.61. The molecule has 110 valence electrons. The van der Waals surface area contributed by atoms with E-state index in [1.54, 1.807) is 18.2 Å². The van der Waals surface area contributed by atoms with Crippen LogP contribution in [0.3, 0.4) is 0 Å². The van der Waals surface area contributed by atoms with Gasteiger partial charge in [-0.15, -0.1) is 0 Å². The first kappa shape index (κ1) is 14.2. The summed E-state index contributed by atoms with van der Waals surface area (Å²) < 4.78 is 14.5. The number of nitrogen functional groups attached to an aromatic ring is 1. The zero-order chi connectivity index (χ0) is 16.6. The van der Waals surface area contributed by atoms with Gasteiger partial charge in [0.2, 0.25) is 0 Å². The summed E-state index contributed by atoms with van der Waals surface area (Å²) in [6, 6.07) is 9.52. The Bertz CT molecular complexity index is 1090. The molecule has 6 nitrogen and oxygen atoms in total. The number of halogens is 1. The van der Waals surface area contributed by atoms with Gasteiger partial charge < -0.3 is 10.7 Å². The van der Waals surface area contributed by atoms with Gasteiger partial charge in [0.1, 0.15) is 34.9 Å². The molecule has 23 heavy (non-hydrogen) atoms. The predicted octanol–water partition coefficient (Wildman–Crippen LogP) is 2.05. The van der Waals surface area contributed by atoms with Crippen molar-refractivity contribution in [1.29, 1.82) is 10.5 Å². The van der Waals surface area contributed by atoms with Gasteiger partial charge in [0.15, 0.2) is 0 Å². The quantitative estimate of drug-likeness (QED) is 0.713. The van der Waals surface area contributed by atoms with Crippen molar-refractivity contribution in [1.82, 2.24) is 9.97 Å². The Kier molecular flexibility index (Phi) is 3.25. The third-order valence-electron chi connectivity index (χ3n) is 3.43. The van der Waals surface area contributed by atoms with Gasteiger partial charge in [-0.05, 0) is 12.1 Å². The molecule has 0 bridgehead atoms. The second-order valence-electron chi connectivity index (χ2n) is 4.74. The van der Waals surface area contributed by atoms with Crippen molar-refractivity contribution >= 4 is 16.7 Å². The van der Waals surface area contributed by atoms with Crippen molar-refractivity contribution in [3.63, 3.8) is 0 Å². The van der Waals surface area contributed by atoms with Crippen LogP contribution in [0.4, 0.5) is 10.2 Å². The van der Waals surface area contributed by atoms with Gasteiger partial charge in [0.25, 0.3) is 5.56 Å². The summed E-state index contributed by atoms with van der Waals surface area (Å²) in [5.74, 6) is -0.911. The normalized spacial score (nSPS) is 10.2. The topological polar surface area (TPSA) is 119 Å². The molecule has 3 aromatic rings. The third-order valence-corrected chi connectivity index (χ3v) is 3.43. The molecule has 0 spiro atoms. The van der Waals surface area contributed by atoms with Gasteiger partial charge in [-0.1, -0.05) is 6.07 Å². The van der Waals surface area contributed by atoms with Crippen LogP contribution in [-0.2, 0) is 0 Å². The summed E-state index contributed by atoms with van der Waals surface area (Å²) in [4.78, 5) is 18.2. The first-order valence-corrected chi connectivity index (χ1v) is 6.47. The number of H-pyrrole nitrogens is 1. The average molecular weight is 305 g/mol. The van der Waals surface area contributed by atoms with Crippen LogP contribution in [0.5, 0.6) is 0 Å². The molecule has 7 heteroatoms. The van der Waals surface area contributed by atoms with Gasteiger partial charge in [-0.2, -0.15) is 10.5 Å². The molecule has 0 amide bonds. The lowest BCUT2D eigenvalue weighted by atomic mass is 9.95. The number of benzene rings is 1. The number of nitrogens with two attached hydrogens (primary N) is 1. The number of nitrogens with one attached hydrogen (secondary N) is 1. The highest BCUT2D eigenvalue weighted by Gasteiger charge is 2.21. The van der Waals surface area contributed by atoms with E-state index in [0.717, 1.165) is 0 Å². The van der Waals surface area contributed by atoms with E-state index in [4.69, 9.17) is 5.73 Å². The summed E-state index contributed by atoms with van der Waals surface area (Å²) in [7, 11) is 0. The van der Waals surface area contributed by atoms with Crippen LogP contribution in [0.25, 0.3) is 22.0 Å². The summed E-state index contributed by atoms with van der Waals surface area (Å²) >= 11 is 0. The second-order valence-corrected chi connectivity index (χ2v) is 4.74. The molecular weight excluding hydrogens is 297 g/mol. The Morgan fingerprint density at radius 2 is 1.96 bits per heavy atom. The van der Waals surface area contributed by atoms with E-state index in [1.807, 2.05) is 6.07 Å². The summed E-state index contributed by atoms with van der Waals surface area (Å²) in [5, 5.41) is 19.1. The molecule has 1 aromatic carbocycles. The molecular formula is C16H8FN5O. The fourth-order valence-corrected chi connectivity index (χ4v) is 2.40. The van der Waals surface area contributed by atoms with Crippen molar-refractivity contribution < 1.29 is 4.39 Å². The SMILES string of the molecule is N#Cc1c(N)[nH]c(=O)c(C#N)c1-c1cc2cccnc2cc1F. The number of nitrogens with zero attached hydrogens (tertiary/aromatic N) is 3. The zero-order valence-electron chi connectivity index (χ0n) is 11.6. The fourth-order valence-electron chi connectivity index (χ4n) is 2.40. The van der Waals surface area contributed by atoms with Crippen molar-refractivity contribution in [3.8, 4) is 23.3 Å². The zero-order valence-corrected chi connectivity index (χ0v) is 11.6. The van der Waals surface area contributed by atoms with Gasteiger partial charge in [0, 0.05) is 28.8 Å². The number of aromatic amines is 1. The Hall–Kier alpha value is -3.71. The molecule has 0 unspecified atom stereocenters. The molecule has 3 N–H and O–H groups in total. The van der Waals surface area contributed by atoms with Gasteiger partial charge in [-0.25, -0.2) is 4.39 Å². The first-order chi connectivity index (χ1) is 11.1. The molecule has 0 saturated carbocycles. The Morgan fingerprint density at radius 1 is 1.22 bits per heavy atom. The lowest BCUT2D eigenvalue weighted by molar-refractivity contribution is 0.632. The van der Waals surface area contributed by atoms with Gasteiger partial charge in [0.05, 0.1) is 5.52 Å². The van der Waals surface area contributed by atoms with Crippen LogP contribution in [0.2, 0.25) is 0 Å². The number of pyridine rings is 2. The predicted molar refractivity (Wildman–Crippen MR) is 81.6 cm³/mol. The minimum atomic E-state index is -0.773. The Labute approximate surface area is 129 Å². The van der Waals surface area contributed by atoms with Gasteiger partial charge in [-0.3, -0.25) is 9.78 Å². The van der Waals surface area contributed by atoms with Crippen molar-refractivity contribution in [2.45, 2.75) is 0 Å². The van der Waals surface area contributed by atoms with E-state index in [0.29, 0.717) is 10.9 Å². The molecule has 0 aliphatic heterocycles. The molecule has 0 atom stereocenters. The van der Waals surface area contributed by atoms with Crippen LogP contribution in [0.1, 0.15) is 11.1 Å². The van der Waals surface area contributed by atoms with Crippen LogP contribution >= 0.6 is 0 Å². The Morgan fingerprint density at radius 3 is 2.65 bits per heavy atom. The highest BCUT2D eigenvalue weighted by atomic mass is 19.1. The number of fused-ring (bicyclic) bond motifs is 1. The number of nitriles is 2. The molecule has 2 aromatic heterocycles. The van der Waals surface area contributed by atoms with E-state index in [9.17, 15) is 19.7 Å².